The van der Waals surface area contributed by atoms with Gasteiger partial charge in [0, 0.05) is 6.54 Å². The maximum absolute atomic E-state index is 5.94. The fourth-order valence-electron chi connectivity index (χ4n) is 2.49. The van der Waals surface area contributed by atoms with Crippen LogP contribution in [0.15, 0.2) is 4.99 Å². The normalized spacial score (nSPS) is 34.5. The summed E-state index contributed by atoms with van der Waals surface area (Å²) in [4.78, 5) is 6.74. The largest absolute Gasteiger partial charge is 0.370 e. The minimum absolute atomic E-state index is 0.188. The molecule has 1 saturated carbocycles. The van der Waals surface area contributed by atoms with Gasteiger partial charge in [0.25, 0.3) is 0 Å². The van der Waals surface area contributed by atoms with Crippen LogP contribution in [0, 0.1) is 5.41 Å². The summed E-state index contributed by atoms with van der Waals surface area (Å²) in [5, 5.41) is 0. The first-order valence-corrected chi connectivity index (χ1v) is 5.61. The molecule has 1 aliphatic heterocycles. The molecule has 1 unspecified atom stereocenters. The molecule has 2 aliphatic rings. The molecule has 2 rings (SSSR count). The van der Waals surface area contributed by atoms with E-state index in [4.69, 9.17) is 5.73 Å². The first kappa shape index (κ1) is 9.81. The van der Waals surface area contributed by atoms with Crippen LogP contribution in [0.5, 0.6) is 0 Å². The number of guanidine groups is 1. The molecule has 0 spiro atoms. The van der Waals surface area contributed by atoms with E-state index in [1.54, 1.807) is 0 Å². The monoisotopic (exact) mass is 195 g/mol. The van der Waals surface area contributed by atoms with Crippen molar-refractivity contribution in [3.05, 3.63) is 0 Å². The summed E-state index contributed by atoms with van der Waals surface area (Å²) in [6.07, 6.45) is 3.79. The topological polar surface area (TPSA) is 41.6 Å². The van der Waals surface area contributed by atoms with E-state index in [-0.39, 0.29) is 5.54 Å². The minimum Gasteiger partial charge on any atom is -0.370 e. The van der Waals surface area contributed by atoms with Crippen LogP contribution in [-0.4, -0.2) is 29.5 Å². The van der Waals surface area contributed by atoms with Gasteiger partial charge in [-0.05, 0) is 31.6 Å². The predicted molar refractivity (Wildman–Crippen MR) is 59.2 cm³/mol. The maximum atomic E-state index is 5.94. The van der Waals surface area contributed by atoms with E-state index in [1.165, 1.54) is 12.8 Å². The summed E-state index contributed by atoms with van der Waals surface area (Å²) in [6, 6.07) is 0. The summed E-state index contributed by atoms with van der Waals surface area (Å²) in [6.45, 7) is 8.81. The molecule has 1 aliphatic carbocycles. The Morgan fingerprint density at radius 1 is 1.43 bits per heavy atom. The standard InChI is InChI=1S/C11H21N3/c1-4-7-14-9(12)13-8-11(14,3)10(2)5-6-10/h4-8H2,1-3H3,(H2,12,13). The number of nitrogens with two attached hydrogens (primary N) is 1. The summed E-state index contributed by atoms with van der Waals surface area (Å²) < 4.78 is 0. The average Bonchev–Trinajstić information content (AvgIpc) is 2.83. The molecular weight excluding hydrogens is 174 g/mol. The minimum atomic E-state index is 0.188. The van der Waals surface area contributed by atoms with E-state index >= 15 is 0 Å². The molecule has 0 saturated heterocycles. The maximum Gasteiger partial charge on any atom is 0.191 e. The van der Waals surface area contributed by atoms with E-state index in [2.05, 4.69) is 30.7 Å². The fourth-order valence-corrected chi connectivity index (χ4v) is 2.49. The van der Waals surface area contributed by atoms with Crippen molar-refractivity contribution in [1.82, 2.24) is 4.90 Å². The molecule has 2 N–H and O–H groups in total. The van der Waals surface area contributed by atoms with E-state index in [1.807, 2.05) is 0 Å². The first-order valence-electron chi connectivity index (χ1n) is 5.61. The van der Waals surface area contributed by atoms with E-state index < -0.39 is 0 Å². The quantitative estimate of drug-likeness (QED) is 0.743. The molecule has 0 aromatic carbocycles. The van der Waals surface area contributed by atoms with Gasteiger partial charge >= 0.3 is 0 Å². The van der Waals surface area contributed by atoms with Crippen molar-refractivity contribution in [3.8, 4) is 0 Å². The average molecular weight is 195 g/mol. The van der Waals surface area contributed by atoms with Gasteiger partial charge in [0.15, 0.2) is 5.96 Å². The highest BCUT2D eigenvalue weighted by atomic mass is 15.4. The zero-order valence-electron chi connectivity index (χ0n) is 9.51. The summed E-state index contributed by atoms with van der Waals surface area (Å²) in [5.74, 6) is 0.752. The molecule has 0 aromatic heterocycles. The molecule has 14 heavy (non-hydrogen) atoms. The second-order valence-electron chi connectivity index (χ2n) is 5.16. The number of aliphatic imine (C=N–C) groups is 1. The Morgan fingerprint density at radius 3 is 2.57 bits per heavy atom. The van der Waals surface area contributed by atoms with Crippen LogP contribution in [-0.2, 0) is 0 Å². The summed E-state index contributed by atoms with van der Waals surface area (Å²) in [5.41, 5.74) is 6.58. The highest BCUT2D eigenvalue weighted by molar-refractivity contribution is 5.81. The van der Waals surface area contributed by atoms with Gasteiger partial charge in [-0.15, -0.1) is 0 Å². The molecule has 3 heteroatoms. The third-order valence-corrected chi connectivity index (χ3v) is 4.17. The second kappa shape index (κ2) is 2.88. The molecule has 0 aromatic rings. The van der Waals surface area contributed by atoms with Gasteiger partial charge in [0.2, 0.25) is 0 Å². The smallest absolute Gasteiger partial charge is 0.191 e. The Balaban J connectivity index is 2.20. The zero-order chi connectivity index (χ0) is 10.4. The lowest BCUT2D eigenvalue weighted by Crippen LogP contribution is -2.54. The Kier molecular flexibility index (Phi) is 2.02. The Morgan fingerprint density at radius 2 is 2.07 bits per heavy atom. The van der Waals surface area contributed by atoms with Gasteiger partial charge in [-0.25, -0.2) is 0 Å². The van der Waals surface area contributed by atoms with Gasteiger partial charge < -0.3 is 10.6 Å². The lowest BCUT2D eigenvalue weighted by molar-refractivity contribution is 0.132. The van der Waals surface area contributed by atoms with Crippen molar-refractivity contribution < 1.29 is 0 Å². The lowest BCUT2D eigenvalue weighted by Gasteiger charge is -2.41. The fraction of sp³-hybridized carbons (Fsp3) is 0.909. The Labute approximate surface area is 86.4 Å². The van der Waals surface area contributed by atoms with Gasteiger partial charge in [-0.2, -0.15) is 0 Å². The van der Waals surface area contributed by atoms with Crippen molar-refractivity contribution in [2.45, 2.75) is 45.6 Å². The van der Waals surface area contributed by atoms with E-state index in [0.717, 1.165) is 25.5 Å². The van der Waals surface area contributed by atoms with E-state index in [0.29, 0.717) is 5.41 Å². The third kappa shape index (κ3) is 1.14. The first-order chi connectivity index (χ1) is 6.53. The van der Waals surface area contributed by atoms with Crippen molar-refractivity contribution in [2.75, 3.05) is 13.1 Å². The number of nitrogens with zero attached hydrogens (tertiary/aromatic N) is 2. The van der Waals surface area contributed by atoms with E-state index in [9.17, 15) is 0 Å². The molecule has 0 amide bonds. The number of hydrogen-bond donors (Lipinski definition) is 1. The molecule has 80 valence electrons. The zero-order valence-corrected chi connectivity index (χ0v) is 9.51. The molecule has 3 nitrogen and oxygen atoms in total. The Hall–Kier alpha value is -0.730. The van der Waals surface area contributed by atoms with Gasteiger partial charge in [0.05, 0.1) is 12.1 Å². The van der Waals surface area contributed by atoms with Crippen LogP contribution in [0.4, 0.5) is 0 Å². The van der Waals surface area contributed by atoms with Crippen molar-refractivity contribution >= 4 is 5.96 Å². The van der Waals surface area contributed by atoms with Crippen LogP contribution < -0.4 is 5.73 Å². The molecule has 1 atom stereocenters. The lowest BCUT2D eigenvalue weighted by atomic mass is 9.83. The highest BCUT2D eigenvalue weighted by Crippen LogP contribution is 2.57. The second-order valence-corrected chi connectivity index (χ2v) is 5.16. The van der Waals surface area contributed by atoms with Crippen LogP contribution in [0.25, 0.3) is 0 Å². The van der Waals surface area contributed by atoms with Crippen molar-refractivity contribution in [2.24, 2.45) is 16.1 Å². The summed E-state index contributed by atoms with van der Waals surface area (Å²) >= 11 is 0. The van der Waals surface area contributed by atoms with Crippen LogP contribution in [0.3, 0.4) is 0 Å². The van der Waals surface area contributed by atoms with Gasteiger partial charge in [0.1, 0.15) is 0 Å². The van der Waals surface area contributed by atoms with Crippen molar-refractivity contribution in [3.63, 3.8) is 0 Å². The van der Waals surface area contributed by atoms with Crippen LogP contribution >= 0.6 is 0 Å². The molecule has 1 heterocycles. The molecular formula is C11H21N3. The molecule has 0 radical (unpaired) electrons. The Bertz CT molecular complexity index is 268. The number of rotatable bonds is 3. The SMILES string of the molecule is CCCN1C(N)=NCC1(C)C1(C)CC1. The predicted octanol–water partition coefficient (Wildman–Crippen LogP) is 1.59. The highest BCUT2D eigenvalue weighted by Gasteiger charge is 2.58. The number of hydrogen-bond acceptors (Lipinski definition) is 3. The van der Waals surface area contributed by atoms with Crippen LogP contribution in [0.1, 0.15) is 40.0 Å². The summed E-state index contributed by atoms with van der Waals surface area (Å²) in [7, 11) is 0. The molecule has 1 fully saturated rings. The van der Waals surface area contributed by atoms with Gasteiger partial charge in [-0.3, -0.25) is 4.99 Å². The van der Waals surface area contributed by atoms with Crippen molar-refractivity contribution in [1.29, 1.82) is 0 Å². The molecule has 0 bridgehead atoms. The van der Waals surface area contributed by atoms with Gasteiger partial charge in [-0.1, -0.05) is 13.8 Å². The third-order valence-electron chi connectivity index (χ3n) is 4.17. The van der Waals surface area contributed by atoms with Crippen LogP contribution in [0.2, 0.25) is 0 Å².